The van der Waals surface area contributed by atoms with E-state index < -0.39 is 0 Å². The quantitative estimate of drug-likeness (QED) is 0.771. The summed E-state index contributed by atoms with van der Waals surface area (Å²) >= 11 is 0. The fraction of sp³-hybridized carbons (Fsp3) is 0.389. The molecule has 0 unspecified atom stereocenters. The molecule has 2 nitrogen and oxygen atoms in total. The molecule has 0 N–H and O–H groups in total. The lowest BCUT2D eigenvalue weighted by Crippen LogP contribution is -2.44. The molecule has 0 spiro atoms. The molecule has 104 valence electrons. The normalized spacial score (nSPS) is 16.0. The van der Waals surface area contributed by atoms with E-state index >= 15 is 0 Å². The zero-order valence-electron chi connectivity index (χ0n) is 11.9. The lowest BCUT2D eigenvalue weighted by atomic mass is 9.90. The van der Waals surface area contributed by atoms with Crippen molar-refractivity contribution in [3.8, 4) is 11.1 Å². The Balaban J connectivity index is 1.58. The maximum atomic E-state index is 5.85. The monoisotopic (exact) mass is 268 g/mol. The second kappa shape index (κ2) is 6.56. The van der Waals surface area contributed by atoms with Gasteiger partial charge in [-0.25, -0.2) is 0 Å². The van der Waals surface area contributed by atoms with Crippen LogP contribution in [0.5, 0.6) is 0 Å². The zero-order chi connectivity index (χ0) is 13.6. The van der Waals surface area contributed by atoms with Crippen LogP contribution in [-0.4, -0.2) is 6.61 Å². The Morgan fingerprint density at radius 2 is 1.50 bits per heavy atom. The van der Waals surface area contributed by atoms with Gasteiger partial charge in [0.2, 0.25) is 12.4 Å². The van der Waals surface area contributed by atoms with Crippen molar-refractivity contribution in [2.45, 2.75) is 32.1 Å². The zero-order valence-corrected chi connectivity index (χ0v) is 11.9. The van der Waals surface area contributed by atoms with Crippen LogP contribution >= 0.6 is 0 Å². The van der Waals surface area contributed by atoms with E-state index in [1.165, 1.54) is 43.2 Å². The topological polar surface area (TPSA) is 13.1 Å². The number of nitrogens with zero attached hydrogens (tertiary/aromatic N) is 1. The van der Waals surface area contributed by atoms with Gasteiger partial charge >= 0.3 is 0 Å². The molecule has 1 aliphatic rings. The molecule has 20 heavy (non-hydrogen) atoms. The van der Waals surface area contributed by atoms with Crippen molar-refractivity contribution < 1.29 is 9.57 Å². The van der Waals surface area contributed by atoms with Gasteiger partial charge in [-0.1, -0.05) is 49.6 Å². The van der Waals surface area contributed by atoms with Gasteiger partial charge in [0.1, 0.15) is 0 Å². The van der Waals surface area contributed by atoms with Crippen molar-refractivity contribution >= 4 is 0 Å². The van der Waals surface area contributed by atoms with Crippen LogP contribution in [0.15, 0.2) is 54.9 Å². The molecule has 1 aromatic carbocycles. The van der Waals surface area contributed by atoms with Crippen LogP contribution in [0.25, 0.3) is 11.1 Å². The third-order valence-electron chi connectivity index (χ3n) is 4.09. The molecule has 1 aliphatic carbocycles. The summed E-state index contributed by atoms with van der Waals surface area (Å²) in [6.45, 7) is 0.843. The van der Waals surface area contributed by atoms with Gasteiger partial charge in [0.15, 0.2) is 6.61 Å². The van der Waals surface area contributed by atoms with E-state index in [0.717, 1.165) is 12.5 Å². The van der Waals surface area contributed by atoms with Crippen LogP contribution in [0, 0.1) is 5.92 Å². The molecular formula is C18H22NO+. The van der Waals surface area contributed by atoms with Crippen molar-refractivity contribution in [1.29, 1.82) is 0 Å². The molecule has 1 fully saturated rings. The van der Waals surface area contributed by atoms with E-state index in [0.29, 0.717) is 0 Å². The minimum absolute atomic E-state index is 0.741. The smallest absolute Gasteiger partial charge is 0.223 e. The van der Waals surface area contributed by atoms with E-state index in [2.05, 4.69) is 36.4 Å². The summed E-state index contributed by atoms with van der Waals surface area (Å²) in [7, 11) is 0. The number of pyridine rings is 1. The molecule has 0 bridgehead atoms. The fourth-order valence-corrected chi connectivity index (χ4v) is 2.87. The van der Waals surface area contributed by atoms with Crippen molar-refractivity contribution in [3.05, 3.63) is 54.9 Å². The van der Waals surface area contributed by atoms with Crippen LogP contribution in [0.1, 0.15) is 32.1 Å². The average molecular weight is 268 g/mol. The van der Waals surface area contributed by atoms with Gasteiger partial charge in [0, 0.05) is 16.9 Å². The predicted molar refractivity (Wildman–Crippen MR) is 80.1 cm³/mol. The molecule has 2 heteroatoms. The first kappa shape index (κ1) is 13.2. The summed E-state index contributed by atoms with van der Waals surface area (Å²) in [5.74, 6) is 0.741. The van der Waals surface area contributed by atoms with Crippen molar-refractivity contribution in [1.82, 2.24) is 0 Å². The number of hydrogen-bond acceptors (Lipinski definition) is 1. The molecule has 1 heterocycles. The van der Waals surface area contributed by atoms with Crippen LogP contribution < -0.4 is 9.57 Å². The lowest BCUT2D eigenvalue weighted by Gasteiger charge is -2.18. The van der Waals surface area contributed by atoms with Gasteiger partial charge in [-0.3, -0.25) is 4.84 Å². The second-order valence-corrected chi connectivity index (χ2v) is 5.61. The SMILES string of the molecule is c1ccc(-c2cc[n+](OCC3CCCCC3)cc2)cc1. The van der Waals surface area contributed by atoms with E-state index in [-0.39, 0.29) is 0 Å². The number of benzene rings is 1. The molecule has 0 radical (unpaired) electrons. The highest BCUT2D eigenvalue weighted by molar-refractivity contribution is 5.61. The molecule has 0 atom stereocenters. The van der Waals surface area contributed by atoms with E-state index in [1.54, 1.807) is 0 Å². The molecule has 1 saturated carbocycles. The standard InChI is InChI=1S/C18H22NO/c1-3-7-16(8-4-1)15-20-19-13-11-18(12-14-19)17-9-5-2-6-10-17/h2,5-6,9-14,16H,1,3-4,7-8,15H2/q+1. The third kappa shape index (κ3) is 3.38. The van der Waals surface area contributed by atoms with Crippen LogP contribution in [-0.2, 0) is 0 Å². The van der Waals surface area contributed by atoms with Gasteiger partial charge in [0.25, 0.3) is 0 Å². The Kier molecular flexibility index (Phi) is 4.32. The molecule has 0 aliphatic heterocycles. The molecule has 0 saturated heterocycles. The lowest BCUT2D eigenvalue weighted by molar-refractivity contribution is -0.892. The highest BCUT2D eigenvalue weighted by Crippen LogP contribution is 2.22. The first-order chi connectivity index (χ1) is 9.92. The largest absolute Gasteiger partial charge is 0.271 e. The Morgan fingerprint density at radius 1 is 0.850 bits per heavy atom. The Hall–Kier alpha value is -1.83. The summed E-state index contributed by atoms with van der Waals surface area (Å²) < 4.78 is 1.83. The van der Waals surface area contributed by atoms with Crippen molar-refractivity contribution in [2.24, 2.45) is 5.92 Å². The number of rotatable bonds is 4. The maximum absolute atomic E-state index is 5.85. The van der Waals surface area contributed by atoms with Crippen LogP contribution in [0.2, 0.25) is 0 Å². The Morgan fingerprint density at radius 3 is 2.20 bits per heavy atom. The van der Waals surface area contributed by atoms with Crippen molar-refractivity contribution in [2.75, 3.05) is 6.61 Å². The first-order valence-corrected chi connectivity index (χ1v) is 7.62. The third-order valence-corrected chi connectivity index (χ3v) is 4.09. The molecule has 0 amide bonds. The average Bonchev–Trinajstić information content (AvgIpc) is 2.55. The molecule has 2 aromatic rings. The second-order valence-electron chi connectivity index (χ2n) is 5.61. The molecule has 1 aromatic heterocycles. The summed E-state index contributed by atoms with van der Waals surface area (Å²) in [5.41, 5.74) is 2.47. The number of aromatic nitrogens is 1. The predicted octanol–water partition coefficient (Wildman–Crippen LogP) is 3.65. The number of hydrogen-bond donors (Lipinski definition) is 0. The summed E-state index contributed by atoms with van der Waals surface area (Å²) in [4.78, 5) is 5.85. The minimum Gasteiger partial charge on any atom is -0.271 e. The van der Waals surface area contributed by atoms with Gasteiger partial charge in [0.05, 0.1) is 0 Å². The summed E-state index contributed by atoms with van der Waals surface area (Å²) in [6, 6.07) is 14.6. The van der Waals surface area contributed by atoms with Crippen LogP contribution in [0.3, 0.4) is 0 Å². The Labute approximate surface area is 121 Å². The van der Waals surface area contributed by atoms with Gasteiger partial charge in [-0.2, -0.15) is 0 Å². The fourth-order valence-electron chi connectivity index (χ4n) is 2.87. The minimum atomic E-state index is 0.741. The first-order valence-electron chi connectivity index (χ1n) is 7.62. The Bertz CT molecular complexity index is 515. The van der Waals surface area contributed by atoms with Crippen molar-refractivity contribution in [3.63, 3.8) is 0 Å². The van der Waals surface area contributed by atoms with Crippen LogP contribution in [0.4, 0.5) is 0 Å². The van der Waals surface area contributed by atoms with E-state index in [1.807, 2.05) is 23.2 Å². The maximum Gasteiger partial charge on any atom is 0.223 e. The highest BCUT2D eigenvalue weighted by Gasteiger charge is 2.16. The molecule has 3 rings (SSSR count). The van der Waals surface area contributed by atoms with E-state index in [9.17, 15) is 0 Å². The van der Waals surface area contributed by atoms with E-state index in [4.69, 9.17) is 4.84 Å². The summed E-state index contributed by atoms with van der Waals surface area (Å²) in [6.07, 6.45) is 10.8. The van der Waals surface area contributed by atoms with Gasteiger partial charge in [-0.05, 0) is 29.9 Å². The van der Waals surface area contributed by atoms with Gasteiger partial charge < -0.3 is 0 Å². The highest BCUT2D eigenvalue weighted by atomic mass is 16.7. The van der Waals surface area contributed by atoms with Gasteiger partial charge in [-0.15, -0.1) is 0 Å². The summed E-state index contributed by atoms with van der Waals surface area (Å²) in [5, 5.41) is 0. The molecular weight excluding hydrogens is 246 g/mol.